The van der Waals surface area contributed by atoms with Crippen molar-refractivity contribution in [1.29, 1.82) is 0 Å². The summed E-state index contributed by atoms with van der Waals surface area (Å²) in [5.74, 6) is -0.676. The summed E-state index contributed by atoms with van der Waals surface area (Å²) in [5, 5.41) is 21.0. The second-order valence-electron chi connectivity index (χ2n) is 4.61. The van der Waals surface area contributed by atoms with E-state index in [2.05, 4.69) is 10.1 Å². The summed E-state index contributed by atoms with van der Waals surface area (Å²) in [6.07, 6.45) is -0.522. The highest BCUT2D eigenvalue weighted by Crippen LogP contribution is 2.27. The highest BCUT2D eigenvalue weighted by atomic mass is 16.5. The molecule has 120 valence electrons. The number of hydrogen-bond donors (Lipinski definition) is 3. The number of phenolic OH excluding ortho intramolecular Hbond substituents is 1. The Morgan fingerprint density at radius 2 is 1.78 bits per heavy atom. The third-order valence-corrected chi connectivity index (χ3v) is 2.92. The average molecular weight is 317 g/mol. The molecular weight excluding hydrogens is 302 g/mol. The quantitative estimate of drug-likeness (QED) is 0.783. The fourth-order valence-electron chi connectivity index (χ4n) is 1.82. The number of phenols is 1. The first-order chi connectivity index (χ1) is 11.0. The van der Waals surface area contributed by atoms with Gasteiger partial charge in [0.05, 0.1) is 12.7 Å². The number of carbonyl (C=O) groups excluding carboxylic acids is 1. The molecule has 1 amide bonds. The second-order valence-corrected chi connectivity index (χ2v) is 4.61. The molecule has 23 heavy (non-hydrogen) atoms. The number of hydrogen-bond acceptors (Lipinski definition) is 5. The lowest BCUT2D eigenvalue weighted by Crippen LogP contribution is -2.22. The monoisotopic (exact) mass is 317 g/mol. The lowest BCUT2D eigenvalue weighted by atomic mass is 10.2. The molecule has 0 saturated heterocycles. The largest absolute Gasteiger partial charge is 0.508 e. The van der Waals surface area contributed by atoms with Gasteiger partial charge in [0.15, 0.2) is 0 Å². The third kappa shape index (κ3) is 4.63. The van der Waals surface area contributed by atoms with E-state index in [0.29, 0.717) is 12.3 Å². The van der Waals surface area contributed by atoms with Crippen LogP contribution in [0.4, 0.5) is 4.79 Å². The highest BCUT2D eigenvalue weighted by molar-refractivity contribution is 5.88. The summed E-state index contributed by atoms with van der Waals surface area (Å²) in [6.45, 7) is 0.308. The van der Waals surface area contributed by atoms with Crippen LogP contribution in [0.25, 0.3) is 0 Å². The first-order valence-corrected chi connectivity index (χ1v) is 6.64. The Kier molecular flexibility index (Phi) is 5.03. The van der Waals surface area contributed by atoms with Gasteiger partial charge in [-0.2, -0.15) is 0 Å². The predicted octanol–water partition coefficient (Wildman–Crippen LogP) is 2.74. The highest BCUT2D eigenvalue weighted by Gasteiger charge is 2.08. The summed E-state index contributed by atoms with van der Waals surface area (Å²) in [4.78, 5) is 21.9. The Morgan fingerprint density at radius 3 is 2.39 bits per heavy atom. The molecule has 7 heteroatoms. The van der Waals surface area contributed by atoms with Crippen LogP contribution in [0.3, 0.4) is 0 Å². The molecule has 0 aliphatic heterocycles. The molecule has 0 unspecified atom stereocenters. The molecule has 0 aliphatic carbocycles. The number of aromatic carboxylic acids is 1. The van der Waals surface area contributed by atoms with Crippen molar-refractivity contribution in [2.75, 3.05) is 7.11 Å². The number of rotatable bonds is 5. The Hall–Kier alpha value is -3.22. The first-order valence-electron chi connectivity index (χ1n) is 6.64. The van der Waals surface area contributed by atoms with Gasteiger partial charge < -0.3 is 25.0 Å². The molecule has 0 heterocycles. The van der Waals surface area contributed by atoms with Gasteiger partial charge in [0.25, 0.3) is 0 Å². The molecule has 2 aromatic rings. The van der Waals surface area contributed by atoms with Crippen LogP contribution in [-0.2, 0) is 11.3 Å². The van der Waals surface area contributed by atoms with Crippen molar-refractivity contribution in [1.82, 2.24) is 5.32 Å². The van der Waals surface area contributed by atoms with Gasteiger partial charge in [-0.25, -0.2) is 9.59 Å². The molecule has 2 rings (SSSR count). The zero-order chi connectivity index (χ0) is 16.8. The van der Waals surface area contributed by atoms with Crippen LogP contribution in [0.15, 0.2) is 42.5 Å². The maximum Gasteiger partial charge on any atom is 0.407 e. The predicted molar refractivity (Wildman–Crippen MR) is 80.8 cm³/mol. The maximum atomic E-state index is 11.0. The summed E-state index contributed by atoms with van der Waals surface area (Å²) in [6, 6.07) is 10.6. The lowest BCUT2D eigenvalue weighted by molar-refractivity contribution is 0.0696. The average Bonchev–Trinajstić information content (AvgIpc) is 2.53. The SMILES string of the molecule is COC(=O)NCc1ccc(Oc2cc(O)cc(C(=O)O)c2)cc1. The van der Waals surface area contributed by atoms with Gasteiger partial charge in [0, 0.05) is 12.6 Å². The van der Waals surface area contributed by atoms with E-state index in [9.17, 15) is 14.7 Å². The number of alkyl carbamates (subject to hydrolysis) is 1. The second kappa shape index (κ2) is 7.17. The van der Waals surface area contributed by atoms with Crippen LogP contribution in [0.5, 0.6) is 17.2 Å². The summed E-state index contributed by atoms with van der Waals surface area (Å²) in [7, 11) is 1.28. The number of carboxylic acid groups (broad SMARTS) is 1. The summed E-state index contributed by atoms with van der Waals surface area (Å²) < 4.78 is 9.99. The standard InChI is InChI=1S/C16H15NO6/c1-22-16(21)17-9-10-2-4-13(5-3-10)23-14-7-11(15(19)20)6-12(18)8-14/h2-8,18H,9H2,1H3,(H,17,21)(H,19,20). The van der Waals surface area contributed by atoms with Crippen LogP contribution in [0, 0.1) is 0 Å². The minimum absolute atomic E-state index is 0.0705. The molecule has 0 saturated carbocycles. The number of amides is 1. The molecule has 0 atom stereocenters. The number of aromatic hydroxyl groups is 1. The number of nitrogens with one attached hydrogen (secondary N) is 1. The van der Waals surface area contributed by atoms with Crippen molar-refractivity contribution in [3.63, 3.8) is 0 Å². The first kappa shape index (κ1) is 16.2. The van der Waals surface area contributed by atoms with E-state index >= 15 is 0 Å². The Labute approximate surface area is 132 Å². The van der Waals surface area contributed by atoms with E-state index in [-0.39, 0.29) is 17.1 Å². The van der Waals surface area contributed by atoms with Crippen molar-refractivity contribution in [3.8, 4) is 17.2 Å². The fourth-order valence-corrected chi connectivity index (χ4v) is 1.82. The fraction of sp³-hybridized carbons (Fsp3) is 0.125. The minimum Gasteiger partial charge on any atom is -0.508 e. The van der Waals surface area contributed by atoms with Crippen molar-refractivity contribution < 1.29 is 29.3 Å². The Morgan fingerprint density at radius 1 is 1.09 bits per heavy atom. The van der Waals surface area contributed by atoms with Crippen molar-refractivity contribution in [2.24, 2.45) is 0 Å². The van der Waals surface area contributed by atoms with E-state index in [1.165, 1.54) is 19.2 Å². The zero-order valence-corrected chi connectivity index (χ0v) is 12.3. The smallest absolute Gasteiger partial charge is 0.407 e. The van der Waals surface area contributed by atoms with E-state index in [4.69, 9.17) is 9.84 Å². The van der Waals surface area contributed by atoms with Crippen LogP contribution in [-0.4, -0.2) is 29.4 Å². The summed E-state index contributed by atoms with van der Waals surface area (Å²) in [5.41, 5.74) is 0.767. The normalized spacial score (nSPS) is 9.96. The van der Waals surface area contributed by atoms with Gasteiger partial charge in [-0.1, -0.05) is 12.1 Å². The molecule has 0 aromatic heterocycles. The van der Waals surface area contributed by atoms with Gasteiger partial charge in [0.2, 0.25) is 0 Å². The molecule has 0 spiro atoms. The van der Waals surface area contributed by atoms with Gasteiger partial charge in [0.1, 0.15) is 17.2 Å². The van der Waals surface area contributed by atoms with E-state index < -0.39 is 12.1 Å². The van der Waals surface area contributed by atoms with Crippen molar-refractivity contribution >= 4 is 12.1 Å². The third-order valence-electron chi connectivity index (χ3n) is 2.92. The van der Waals surface area contributed by atoms with Gasteiger partial charge >= 0.3 is 12.1 Å². The van der Waals surface area contributed by atoms with E-state index in [1.54, 1.807) is 24.3 Å². The lowest BCUT2D eigenvalue weighted by Gasteiger charge is -2.09. The van der Waals surface area contributed by atoms with Gasteiger partial charge in [-0.15, -0.1) is 0 Å². The molecule has 7 nitrogen and oxygen atoms in total. The Bertz CT molecular complexity index is 711. The Balaban J connectivity index is 2.06. The number of carbonyl (C=O) groups is 2. The van der Waals surface area contributed by atoms with Crippen molar-refractivity contribution in [3.05, 3.63) is 53.6 Å². The number of carboxylic acids is 1. The number of methoxy groups -OCH3 is 1. The van der Waals surface area contributed by atoms with Crippen LogP contribution < -0.4 is 10.1 Å². The maximum absolute atomic E-state index is 11.0. The topological polar surface area (TPSA) is 105 Å². The number of benzene rings is 2. The zero-order valence-electron chi connectivity index (χ0n) is 12.3. The molecule has 2 aromatic carbocycles. The molecular formula is C16H15NO6. The van der Waals surface area contributed by atoms with Crippen LogP contribution in [0.1, 0.15) is 15.9 Å². The number of ether oxygens (including phenoxy) is 2. The molecule has 0 fully saturated rings. The minimum atomic E-state index is -1.16. The van der Waals surface area contributed by atoms with Crippen molar-refractivity contribution in [2.45, 2.75) is 6.54 Å². The van der Waals surface area contributed by atoms with Crippen LogP contribution in [0.2, 0.25) is 0 Å². The molecule has 0 radical (unpaired) electrons. The molecule has 3 N–H and O–H groups in total. The molecule has 0 bridgehead atoms. The van der Waals surface area contributed by atoms with Gasteiger partial charge in [-0.05, 0) is 29.8 Å². The summed E-state index contributed by atoms with van der Waals surface area (Å²) >= 11 is 0. The van der Waals surface area contributed by atoms with Gasteiger partial charge in [-0.3, -0.25) is 0 Å². The van der Waals surface area contributed by atoms with Crippen LogP contribution >= 0.6 is 0 Å². The molecule has 0 aliphatic rings. The van der Waals surface area contributed by atoms with E-state index in [1.807, 2.05) is 0 Å². The van der Waals surface area contributed by atoms with E-state index in [0.717, 1.165) is 11.6 Å².